The summed E-state index contributed by atoms with van der Waals surface area (Å²) in [6.07, 6.45) is 5.95. The van der Waals surface area contributed by atoms with Crippen molar-refractivity contribution in [2.75, 3.05) is 0 Å². The summed E-state index contributed by atoms with van der Waals surface area (Å²) in [7, 11) is 0. The third kappa shape index (κ3) is 2.48. The smallest absolute Gasteiger partial charge is 0.348 e. The van der Waals surface area contributed by atoms with Crippen LogP contribution in [0.5, 0.6) is 0 Å². The fourth-order valence-corrected chi connectivity index (χ4v) is 4.40. The van der Waals surface area contributed by atoms with Crippen molar-refractivity contribution in [1.82, 2.24) is 4.98 Å². The number of nitrogens with zero attached hydrogens (tertiary/aromatic N) is 1. The second-order valence-electron chi connectivity index (χ2n) is 5.77. The second-order valence-corrected chi connectivity index (χ2v) is 6.86. The Bertz CT molecular complexity index is 864. The Balaban J connectivity index is 1.67. The molecule has 0 aliphatic heterocycles. The average molecular weight is 311 g/mol. The maximum Gasteiger partial charge on any atom is 0.348 e. The Hall–Kier alpha value is -1.94. The highest BCUT2D eigenvalue weighted by Crippen LogP contribution is 2.33. The van der Waals surface area contributed by atoms with E-state index >= 15 is 0 Å². The maximum absolute atomic E-state index is 12.3. The monoisotopic (exact) mass is 311 g/mol. The average Bonchev–Trinajstić information content (AvgIpc) is 2.92. The molecule has 3 aromatic rings. The van der Waals surface area contributed by atoms with Crippen molar-refractivity contribution >= 4 is 21.6 Å². The lowest BCUT2D eigenvalue weighted by Gasteiger charge is -2.09. The first-order valence-corrected chi connectivity index (χ1v) is 8.61. The van der Waals surface area contributed by atoms with E-state index in [9.17, 15) is 4.79 Å². The first kappa shape index (κ1) is 13.7. The Morgan fingerprint density at radius 1 is 1.09 bits per heavy atom. The van der Waals surface area contributed by atoms with E-state index in [1.807, 2.05) is 18.2 Å². The lowest BCUT2D eigenvalue weighted by molar-refractivity contribution is 0.444. The van der Waals surface area contributed by atoms with E-state index in [0.29, 0.717) is 12.3 Å². The molecule has 0 atom stereocenters. The van der Waals surface area contributed by atoms with Crippen LogP contribution in [-0.4, -0.2) is 4.98 Å². The van der Waals surface area contributed by atoms with Crippen molar-refractivity contribution in [3.8, 4) is 0 Å². The van der Waals surface area contributed by atoms with Crippen molar-refractivity contribution in [3.05, 3.63) is 62.6 Å². The van der Waals surface area contributed by atoms with Crippen LogP contribution >= 0.6 is 11.3 Å². The van der Waals surface area contributed by atoms with Gasteiger partial charge in [-0.1, -0.05) is 30.3 Å². The summed E-state index contributed by atoms with van der Waals surface area (Å²) in [6.45, 7) is 0. The highest BCUT2D eigenvalue weighted by atomic mass is 32.1. The lowest BCUT2D eigenvalue weighted by atomic mass is 9.97. The van der Waals surface area contributed by atoms with Gasteiger partial charge >= 0.3 is 5.63 Å². The van der Waals surface area contributed by atoms with E-state index in [1.165, 1.54) is 22.4 Å². The Morgan fingerprint density at radius 2 is 1.91 bits per heavy atom. The molecule has 0 bridgehead atoms. The molecule has 1 aliphatic rings. The van der Waals surface area contributed by atoms with Crippen LogP contribution in [0.2, 0.25) is 0 Å². The summed E-state index contributed by atoms with van der Waals surface area (Å²) in [5.74, 6) is 0.556. The quantitative estimate of drug-likeness (QED) is 0.736. The molecule has 2 heterocycles. The van der Waals surface area contributed by atoms with Crippen molar-refractivity contribution in [3.63, 3.8) is 0 Å². The number of rotatable bonds is 3. The molecule has 4 heteroatoms. The molecule has 0 spiro atoms. The maximum atomic E-state index is 12.3. The van der Waals surface area contributed by atoms with Crippen molar-refractivity contribution < 1.29 is 4.42 Å². The van der Waals surface area contributed by atoms with Crippen LogP contribution in [0, 0.1) is 0 Å². The zero-order valence-corrected chi connectivity index (χ0v) is 13.1. The zero-order chi connectivity index (χ0) is 14.9. The third-order valence-corrected chi connectivity index (χ3v) is 5.45. The molecule has 0 saturated heterocycles. The minimum atomic E-state index is -0.201. The number of fused-ring (bicyclic) bond motifs is 3. The number of aromatic nitrogens is 1. The van der Waals surface area contributed by atoms with Crippen LogP contribution in [0.3, 0.4) is 0 Å². The van der Waals surface area contributed by atoms with Crippen LogP contribution in [-0.2, 0) is 25.7 Å². The summed E-state index contributed by atoms with van der Waals surface area (Å²) in [5.41, 5.74) is 2.23. The highest BCUT2D eigenvalue weighted by Gasteiger charge is 2.20. The Labute approximate surface area is 132 Å². The number of benzene rings is 1. The topological polar surface area (TPSA) is 43.1 Å². The second kappa shape index (κ2) is 5.69. The van der Waals surface area contributed by atoms with Gasteiger partial charge in [-0.05, 0) is 43.2 Å². The SMILES string of the molecule is O=c1oc(CCc2ccccc2)nc2sc3c(c12)CCCC3. The molecule has 0 amide bonds. The summed E-state index contributed by atoms with van der Waals surface area (Å²) in [4.78, 5) is 19.2. The molecular weight excluding hydrogens is 294 g/mol. The molecule has 0 saturated carbocycles. The standard InChI is InChI=1S/C18H17NO2S/c20-18-16-13-8-4-5-9-14(13)22-17(16)19-15(21-18)11-10-12-6-2-1-3-7-12/h1-3,6-7H,4-5,8-11H2. The molecule has 1 aromatic carbocycles. The predicted octanol–water partition coefficient (Wildman–Crippen LogP) is 3.91. The third-order valence-electron chi connectivity index (χ3n) is 4.26. The predicted molar refractivity (Wildman–Crippen MR) is 88.6 cm³/mol. The first-order valence-electron chi connectivity index (χ1n) is 7.79. The van der Waals surface area contributed by atoms with Gasteiger partial charge in [0.05, 0.1) is 0 Å². The molecule has 112 valence electrons. The molecule has 3 nitrogen and oxygen atoms in total. The molecular formula is C18H17NO2S. The molecule has 4 rings (SSSR count). The molecule has 0 N–H and O–H groups in total. The van der Waals surface area contributed by atoms with E-state index in [4.69, 9.17) is 4.42 Å². The van der Waals surface area contributed by atoms with Gasteiger partial charge in [0.2, 0.25) is 0 Å². The molecule has 0 fully saturated rings. The lowest BCUT2D eigenvalue weighted by Crippen LogP contribution is -2.08. The Morgan fingerprint density at radius 3 is 2.77 bits per heavy atom. The fraction of sp³-hybridized carbons (Fsp3) is 0.333. The summed E-state index contributed by atoms with van der Waals surface area (Å²) in [5, 5.41) is 0.739. The van der Waals surface area contributed by atoms with Crippen LogP contribution in [0.1, 0.15) is 34.7 Å². The van der Waals surface area contributed by atoms with Gasteiger partial charge in [-0.25, -0.2) is 9.78 Å². The summed E-state index contributed by atoms with van der Waals surface area (Å²) >= 11 is 1.68. The van der Waals surface area contributed by atoms with Crippen LogP contribution < -0.4 is 5.63 Å². The van der Waals surface area contributed by atoms with E-state index < -0.39 is 0 Å². The number of aryl methyl sites for hydroxylation is 4. The van der Waals surface area contributed by atoms with Gasteiger partial charge in [0, 0.05) is 11.3 Å². The minimum Gasteiger partial charge on any atom is -0.408 e. The van der Waals surface area contributed by atoms with Gasteiger partial charge in [0.1, 0.15) is 10.2 Å². The zero-order valence-electron chi connectivity index (χ0n) is 12.3. The van der Waals surface area contributed by atoms with Gasteiger partial charge in [-0.3, -0.25) is 0 Å². The molecule has 0 unspecified atom stereocenters. The van der Waals surface area contributed by atoms with E-state index in [2.05, 4.69) is 17.1 Å². The van der Waals surface area contributed by atoms with Crippen LogP contribution in [0.25, 0.3) is 10.2 Å². The number of hydrogen-bond acceptors (Lipinski definition) is 4. The Kier molecular flexibility index (Phi) is 3.54. The van der Waals surface area contributed by atoms with Crippen LogP contribution in [0.4, 0.5) is 0 Å². The van der Waals surface area contributed by atoms with Gasteiger partial charge in [0.25, 0.3) is 0 Å². The van der Waals surface area contributed by atoms with Crippen molar-refractivity contribution in [1.29, 1.82) is 0 Å². The minimum absolute atomic E-state index is 0.201. The van der Waals surface area contributed by atoms with Crippen molar-refractivity contribution in [2.24, 2.45) is 0 Å². The number of thiophene rings is 1. The molecule has 22 heavy (non-hydrogen) atoms. The van der Waals surface area contributed by atoms with E-state index in [0.717, 1.165) is 35.9 Å². The van der Waals surface area contributed by atoms with E-state index in [1.54, 1.807) is 11.3 Å². The molecule has 1 aliphatic carbocycles. The highest BCUT2D eigenvalue weighted by molar-refractivity contribution is 7.18. The fourth-order valence-electron chi connectivity index (χ4n) is 3.14. The van der Waals surface area contributed by atoms with Crippen molar-refractivity contribution in [2.45, 2.75) is 38.5 Å². The molecule has 0 radical (unpaired) electrons. The van der Waals surface area contributed by atoms with Gasteiger partial charge < -0.3 is 4.42 Å². The molecule has 2 aromatic heterocycles. The normalized spacial score (nSPS) is 14.2. The summed E-state index contributed by atoms with van der Waals surface area (Å²) < 4.78 is 5.48. The first-order chi connectivity index (χ1) is 10.8. The van der Waals surface area contributed by atoms with E-state index in [-0.39, 0.29) is 5.63 Å². The van der Waals surface area contributed by atoms with Crippen LogP contribution in [0.15, 0.2) is 39.5 Å². The summed E-state index contributed by atoms with van der Waals surface area (Å²) in [6, 6.07) is 10.2. The van der Waals surface area contributed by atoms with Gasteiger partial charge in [-0.15, -0.1) is 11.3 Å². The van der Waals surface area contributed by atoms with Gasteiger partial charge in [0.15, 0.2) is 5.89 Å². The number of hydrogen-bond donors (Lipinski definition) is 0. The largest absolute Gasteiger partial charge is 0.408 e. The van der Waals surface area contributed by atoms with Gasteiger partial charge in [-0.2, -0.15) is 0 Å².